The summed E-state index contributed by atoms with van der Waals surface area (Å²) in [4.78, 5) is 23.4. The number of anilines is 2. The van der Waals surface area contributed by atoms with Gasteiger partial charge in [0.2, 0.25) is 0 Å². The highest BCUT2D eigenvalue weighted by Gasteiger charge is 2.13. The number of carboxylic acids is 1. The molecule has 8 heteroatoms. The zero-order chi connectivity index (χ0) is 19.3. The molecule has 0 radical (unpaired) electrons. The van der Waals surface area contributed by atoms with Gasteiger partial charge in [0.15, 0.2) is 0 Å². The van der Waals surface area contributed by atoms with Crippen molar-refractivity contribution in [2.45, 2.75) is 13.0 Å². The molecule has 5 N–H and O–H groups in total. The molecule has 0 heterocycles. The van der Waals surface area contributed by atoms with Crippen molar-refractivity contribution in [2.75, 3.05) is 23.1 Å². The van der Waals surface area contributed by atoms with E-state index in [1.807, 2.05) is 6.92 Å². The summed E-state index contributed by atoms with van der Waals surface area (Å²) in [6.07, 6.45) is -0.669. The monoisotopic (exact) mass is 378 g/mol. The van der Waals surface area contributed by atoms with E-state index >= 15 is 0 Å². The number of amides is 1. The van der Waals surface area contributed by atoms with Crippen LogP contribution in [-0.4, -0.2) is 45.7 Å². The Bertz CT molecular complexity index is 825. The Balaban J connectivity index is 2.11. The Morgan fingerprint density at radius 2 is 1.92 bits per heavy atom. The lowest BCUT2D eigenvalue weighted by Crippen LogP contribution is -2.21. The molecule has 1 atom stereocenters. The van der Waals surface area contributed by atoms with Gasteiger partial charge in [0, 0.05) is 23.5 Å². The second-order valence-electron chi connectivity index (χ2n) is 5.71. The molecule has 2 rings (SSSR count). The zero-order valence-corrected chi connectivity index (χ0v) is 14.7. The maximum atomic E-state index is 12.4. The zero-order valence-electron chi connectivity index (χ0n) is 14.0. The van der Waals surface area contributed by atoms with Gasteiger partial charge in [-0.1, -0.05) is 0 Å². The largest absolute Gasteiger partial charge is 0.507 e. The van der Waals surface area contributed by atoms with Gasteiger partial charge in [0.05, 0.1) is 12.0 Å². The number of aliphatic hydroxyl groups excluding tert-OH is 1. The van der Waals surface area contributed by atoms with Gasteiger partial charge in [0.25, 0.3) is 5.91 Å². The number of carbonyl (C=O) groups is 2. The van der Waals surface area contributed by atoms with Gasteiger partial charge < -0.3 is 26.0 Å². The third-order valence-corrected chi connectivity index (χ3v) is 4.04. The summed E-state index contributed by atoms with van der Waals surface area (Å²) in [5, 5.41) is 33.6. The molecule has 2 aromatic rings. The molecule has 0 aliphatic rings. The van der Waals surface area contributed by atoms with Gasteiger partial charge in [-0.25, -0.2) is 4.79 Å². The fourth-order valence-electron chi connectivity index (χ4n) is 2.27. The van der Waals surface area contributed by atoms with Crippen molar-refractivity contribution in [1.29, 1.82) is 0 Å². The summed E-state index contributed by atoms with van der Waals surface area (Å²) >= 11 is 5.55. The maximum absolute atomic E-state index is 12.4. The van der Waals surface area contributed by atoms with Crippen LogP contribution in [0.15, 0.2) is 36.4 Å². The summed E-state index contributed by atoms with van der Waals surface area (Å²) in [5.74, 6) is -1.95. The summed E-state index contributed by atoms with van der Waals surface area (Å²) in [6, 6.07) is 8.80. The summed E-state index contributed by atoms with van der Waals surface area (Å²) in [6.45, 7) is 2.11. The first-order valence-electron chi connectivity index (χ1n) is 7.78. The molecular weight excluding hydrogens is 360 g/mol. The number of carbonyl (C=O) groups excluding carboxylic acids is 1. The number of aromatic hydroxyl groups is 1. The number of benzene rings is 2. The molecule has 26 heavy (non-hydrogen) atoms. The van der Waals surface area contributed by atoms with Crippen molar-refractivity contribution in [1.82, 2.24) is 0 Å². The van der Waals surface area contributed by atoms with Crippen LogP contribution < -0.4 is 10.6 Å². The molecule has 0 saturated heterocycles. The fourth-order valence-corrected chi connectivity index (χ4v) is 2.38. The Hall–Kier alpha value is -2.77. The van der Waals surface area contributed by atoms with Crippen molar-refractivity contribution in [3.8, 4) is 5.75 Å². The van der Waals surface area contributed by atoms with Crippen LogP contribution in [0, 0.1) is 6.92 Å². The maximum Gasteiger partial charge on any atom is 0.339 e. The molecule has 0 aliphatic heterocycles. The Morgan fingerprint density at radius 3 is 2.54 bits per heavy atom. The van der Waals surface area contributed by atoms with Crippen LogP contribution in [0.25, 0.3) is 0 Å². The molecule has 1 amide bonds. The van der Waals surface area contributed by atoms with Gasteiger partial charge >= 0.3 is 5.97 Å². The van der Waals surface area contributed by atoms with Crippen molar-refractivity contribution >= 4 is 34.9 Å². The van der Waals surface area contributed by atoms with E-state index in [2.05, 4.69) is 10.6 Å². The van der Waals surface area contributed by atoms with E-state index in [0.29, 0.717) is 12.1 Å². The molecule has 138 valence electrons. The third kappa shape index (κ3) is 4.87. The van der Waals surface area contributed by atoms with Crippen LogP contribution >= 0.6 is 11.6 Å². The fraction of sp³-hybridized carbons (Fsp3) is 0.222. The van der Waals surface area contributed by atoms with Crippen LogP contribution in [0.4, 0.5) is 11.4 Å². The smallest absolute Gasteiger partial charge is 0.339 e. The minimum atomic E-state index is -1.29. The molecule has 0 aromatic heterocycles. The number of halogens is 1. The Labute approximate surface area is 155 Å². The molecule has 1 unspecified atom stereocenters. The minimum Gasteiger partial charge on any atom is -0.507 e. The Kier molecular flexibility index (Phi) is 6.43. The standard InChI is InChI=1S/C18H19ClN2O5/c1-10-6-11(2-4-15(10)20-9-13(22)8-19)17(24)21-12-3-5-16(23)14(7-12)18(25)26/h2-7,13,20,22-23H,8-9H2,1H3,(H,21,24)(H,25,26). The number of phenols is 1. The van der Waals surface area contributed by atoms with E-state index in [9.17, 15) is 19.8 Å². The molecule has 0 bridgehead atoms. The van der Waals surface area contributed by atoms with E-state index in [1.165, 1.54) is 18.2 Å². The number of nitrogens with one attached hydrogen (secondary N) is 2. The van der Waals surface area contributed by atoms with E-state index in [1.54, 1.807) is 18.2 Å². The average molecular weight is 379 g/mol. The van der Waals surface area contributed by atoms with Crippen molar-refractivity contribution < 1.29 is 24.9 Å². The predicted octanol–water partition coefficient (Wildman–Crippen LogP) is 2.66. The van der Waals surface area contributed by atoms with Gasteiger partial charge in [-0.2, -0.15) is 0 Å². The first-order chi connectivity index (χ1) is 12.3. The Morgan fingerprint density at radius 1 is 1.19 bits per heavy atom. The van der Waals surface area contributed by atoms with Crippen molar-refractivity contribution in [3.05, 3.63) is 53.1 Å². The summed E-state index contributed by atoms with van der Waals surface area (Å²) in [5.41, 5.74) is 1.92. The summed E-state index contributed by atoms with van der Waals surface area (Å²) in [7, 11) is 0. The molecule has 0 saturated carbocycles. The van der Waals surface area contributed by atoms with Crippen LogP contribution in [0.1, 0.15) is 26.3 Å². The molecule has 0 aliphatic carbocycles. The SMILES string of the molecule is Cc1cc(C(=O)Nc2ccc(O)c(C(=O)O)c2)ccc1NCC(O)CCl. The first kappa shape index (κ1) is 19.6. The number of aliphatic hydroxyl groups is 1. The second-order valence-corrected chi connectivity index (χ2v) is 6.02. The lowest BCUT2D eigenvalue weighted by Gasteiger charge is -2.13. The molecule has 0 spiro atoms. The molecular formula is C18H19ClN2O5. The predicted molar refractivity (Wildman–Crippen MR) is 99.4 cm³/mol. The number of rotatable bonds is 7. The van der Waals surface area contributed by atoms with E-state index in [4.69, 9.17) is 16.7 Å². The highest BCUT2D eigenvalue weighted by Crippen LogP contribution is 2.23. The molecule has 2 aromatic carbocycles. The highest BCUT2D eigenvalue weighted by atomic mass is 35.5. The number of aromatic carboxylic acids is 1. The lowest BCUT2D eigenvalue weighted by molar-refractivity contribution is 0.0693. The van der Waals surface area contributed by atoms with Crippen LogP contribution in [-0.2, 0) is 0 Å². The van der Waals surface area contributed by atoms with Crippen molar-refractivity contribution in [2.24, 2.45) is 0 Å². The van der Waals surface area contributed by atoms with Gasteiger partial charge in [-0.05, 0) is 48.9 Å². The van der Waals surface area contributed by atoms with Crippen LogP contribution in [0.2, 0.25) is 0 Å². The molecule has 7 nitrogen and oxygen atoms in total. The van der Waals surface area contributed by atoms with E-state index < -0.39 is 18.0 Å². The van der Waals surface area contributed by atoms with Gasteiger partial charge in [-0.15, -0.1) is 11.6 Å². The normalized spacial score (nSPS) is 11.7. The van der Waals surface area contributed by atoms with Crippen LogP contribution in [0.5, 0.6) is 5.75 Å². The van der Waals surface area contributed by atoms with Gasteiger partial charge in [0.1, 0.15) is 11.3 Å². The lowest BCUT2D eigenvalue weighted by atomic mass is 10.1. The topological polar surface area (TPSA) is 119 Å². The highest BCUT2D eigenvalue weighted by molar-refractivity contribution is 6.18. The number of hydrogen-bond acceptors (Lipinski definition) is 5. The quantitative estimate of drug-likeness (QED) is 0.373. The first-order valence-corrected chi connectivity index (χ1v) is 8.31. The molecule has 0 fully saturated rings. The van der Waals surface area contributed by atoms with Gasteiger partial charge in [-0.3, -0.25) is 4.79 Å². The third-order valence-electron chi connectivity index (χ3n) is 3.68. The number of hydrogen-bond donors (Lipinski definition) is 5. The van der Waals surface area contributed by atoms with Crippen LogP contribution in [0.3, 0.4) is 0 Å². The number of alkyl halides is 1. The number of carboxylic acid groups (broad SMARTS) is 1. The summed E-state index contributed by atoms with van der Waals surface area (Å²) < 4.78 is 0. The van der Waals surface area contributed by atoms with E-state index in [-0.39, 0.29) is 22.9 Å². The second kappa shape index (κ2) is 8.55. The van der Waals surface area contributed by atoms with Crippen molar-refractivity contribution in [3.63, 3.8) is 0 Å². The number of aryl methyl sites for hydroxylation is 1. The van der Waals surface area contributed by atoms with E-state index in [0.717, 1.165) is 11.3 Å². The average Bonchev–Trinajstić information content (AvgIpc) is 2.61. The minimum absolute atomic E-state index is 0.123.